The number of fused-ring (bicyclic) bond motifs is 1. The molecule has 214 valence electrons. The molecular formula is C33H48ClN3O2. The Labute approximate surface area is 240 Å². The van der Waals surface area contributed by atoms with Gasteiger partial charge in [0, 0.05) is 11.6 Å². The molecule has 5 nitrogen and oxygen atoms in total. The Bertz CT molecular complexity index is 1100. The highest BCUT2D eigenvalue weighted by atomic mass is 35.5. The molecule has 0 aliphatic heterocycles. The van der Waals surface area contributed by atoms with Gasteiger partial charge >= 0.3 is 0 Å². The molecule has 1 N–H and O–H groups in total. The summed E-state index contributed by atoms with van der Waals surface area (Å²) in [5.41, 5.74) is 2.09. The molecule has 39 heavy (non-hydrogen) atoms. The number of amides is 1. The number of nitrogens with zero attached hydrogens (tertiary/aromatic N) is 2. The lowest BCUT2D eigenvalue weighted by Crippen LogP contribution is -2.32. The average Bonchev–Trinajstić information content (AvgIpc) is 3.31. The van der Waals surface area contributed by atoms with Crippen LogP contribution >= 0.6 is 11.6 Å². The zero-order valence-corrected chi connectivity index (χ0v) is 24.9. The zero-order chi connectivity index (χ0) is 27.7. The predicted octanol–water partition coefficient (Wildman–Crippen LogP) is 9.43. The van der Waals surface area contributed by atoms with Gasteiger partial charge in [-0.2, -0.15) is 0 Å². The minimum absolute atomic E-state index is 0.0504. The summed E-state index contributed by atoms with van der Waals surface area (Å²) in [5.74, 6) is 1.34. The van der Waals surface area contributed by atoms with E-state index in [0.717, 1.165) is 29.8 Å². The van der Waals surface area contributed by atoms with Gasteiger partial charge in [-0.3, -0.25) is 4.79 Å². The van der Waals surface area contributed by atoms with Gasteiger partial charge in [-0.25, -0.2) is 4.98 Å². The molecule has 1 aromatic heterocycles. The van der Waals surface area contributed by atoms with Crippen molar-refractivity contribution >= 4 is 28.5 Å². The summed E-state index contributed by atoms with van der Waals surface area (Å²) in [5, 5.41) is 3.69. The van der Waals surface area contributed by atoms with Gasteiger partial charge in [0.1, 0.15) is 11.6 Å². The van der Waals surface area contributed by atoms with Gasteiger partial charge in [0.15, 0.2) is 6.61 Å². The number of benzene rings is 2. The number of halogens is 1. The van der Waals surface area contributed by atoms with Gasteiger partial charge in [-0.05, 0) is 49.7 Å². The van der Waals surface area contributed by atoms with Crippen LogP contribution in [0.25, 0.3) is 11.0 Å². The van der Waals surface area contributed by atoms with Crippen LogP contribution in [0.3, 0.4) is 0 Å². The van der Waals surface area contributed by atoms with Crippen molar-refractivity contribution in [1.82, 2.24) is 14.9 Å². The molecule has 0 aliphatic carbocycles. The van der Waals surface area contributed by atoms with Crippen LogP contribution in [0.5, 0.6) is 5.75 Å². The van der Waals surface area contributed by atoms with E-state index in [2.05, 4.69) is 28.9 Å². The van der Waals surface area contributed by atoms with Gasteiger partial charge in [0.25, 0.3) is 5.91 Å². The SMILES string of the molecule is CCCCCCCCCCCCCCCCn1c(C(C)NC(=O)COc2ccc(Cl)cc2)nc2ccccc21. The summed E-state index contributed by atoms with van der Waals surface area (Å²) in [7, 11) is 0. The molecule has 1 atom stereocenters. The highest BCUT2D eigenvalue weighted by Gasteiger charge is 2.18. The zero-order valence-electron chi connectivity index (χ0n) is 24.1. The standard InChI is InChI=1S/C33H48ClN3O2/c1-3-4-5-6-7-8-9-10-11-12-13-14-15-18-25-37-31-20-17-16-19-30(31)36-33(37)27(2)35-32(38)26-39-29-23-21-28(34)22-24-29/h16-17,19-24,27H,3-15,18,25-26H2,1-2H3,(H,35,38). The molecule has 0 saturated carbocycles. The molecule has 0 spiro atoms. The second kappa shape index (κ2) is 17.9. The summed E-state index contributed by atoms with van der Waals surface area (Å²) in [6.07, 6.45) is 18.9. The van der Waals surface area contributed by atoms with E-state index in [1.165, 1.54) is 83.5 Å². The monoisotopic (exact) mass is 553 g/mol. The molecule has 1 heterocycles. The minimum atomic E-state index is -0.217. The van der Waals surface area contributed by atoms with E-state index in [1.807, 2.05) is 19.1 Å². The Hall–Kier alpha value is -2.53. The number of imidazole rings is 1. The smallest absolute Gasteiger partial charge is 0.258 e. The first kappa shape index (κ1) is 31.0. The summed E-state index contributed by atoms with van der Waals surface area (Å²) < 4.78 is 7.89. The van der Waals surface area contributed by atoms with E-state index < -0.39 is 0 Å². The maximum atomic E-state index is 12.6. The number of unbranched alkanes of at least 4 members (excludes halogenated alkanes) is 13. The third-order valence-corrected chi connectivity index (χ3v) is 7.62. The van der Waals surface area contributed by atoms with E-state index in [1.54, 1.807) is 24.3 Å². The maximum absolute atomic E-state index is 12.6. The molecule has 0 bridgehead atoms. The van der Waals surface area contributed by atoms with E-state index >= 15 is 0 Å². The predicted molar refractivity (Wildman–Crippen MR) is 164 cm³/mol. The lowest BCUT2D eigenvalue weighted by Gasteiger charge is -2.17. The highest BCUT2D eigenvalue weighted by molar-refractivity contribution is 6.30. The summed E-state index contributed by atoms with van der Waals surface area (Å²) >= 11 is 5.92. The highest BCUT2D eigenvalue weighted by Crippen LogP contribution is 2.22. The fourth-order valence-electron chi connectivity index (χ4n) is 5.15. The van der Waals surface area contributed by atoms with Crippen molar-refractivity contribution in [2.75, 3.05) is 6.61 Å². The van der Waals surface area contributed by atoms with E-state index in [-0.39, 0.29) is 18.6 Å². The largest absolute Gasteiger partial charge is 0.484 e. The number of carbonyl (C=O) groups excluding carboxylic acids is 1. The van der Waals surface area contributed by atoms with Crippen molar-refractivity contribution in [3.05, 3.63) is 59.4 Å². The topological polar surface area (TPSA) is 56.2 Å². The number of ether oxygens (including phenoxy) is 1. The quantitative estimate of drug-likeness (QED) is 0.142. The fraction of sp³-hybridized carbons (Fsp3) is 0.576. The van der Waals surface area contributed by atoms with Crippen LogP contribution in [0.4, 0.5) is 0 Å². The molecule has 0 aliphatic rings. The average molecular weight is 554 g/mol. The van der Waals surface area contributed by atoms with Crippen LogP contribution in [-0.4, -0.2) is 22.1 Å². The van der Waals surface area contributed by atoms with Crippen LogP contribution < -0.4 is 10.1 Å². The molecule has 1 amide bonds. The molecule has 3 rings (SSSR count). The number of hydrogen-bond acceptors (Lipinski definition) is 3. The first-order valence-corrected chi connectivity index (χ1v) is 15.6. The third-order valence-electron chi connectivity index (χ3n) is 7.37. The van der Waals surface area contributed by atoms with Gasteiger partial charge in [-0.1, -0.05) is 114 Å². The van der Waals surface area contributed by atoms with E-state index in [0.29, 0.717) is 10.8 Å². The van der Waals surface area contributed by atoms with Crippen molar-refractivity contribution < 1.29 is 9.53 Å². The number of aryl methyl sites for hydroxylation is 1. The summed E-state index contributed by atoms with van der Waals surface area (Å²) in [6.45, 7) is 5.13. The number of nitrogens with one attached hydrogen (secondary N) is 1. The number of hydrogen-bond donors (Lipinski definition) is 1. The van der Waals surface area contributed by atoms with Crippen LogP contribution in [0.1, 0.15) is 116 Å². The van der Waals surface area contributed by atoms with Crippen LogP contribution in [0.2, 0.25) is 5.02 Å². The minimum Gasteiger partial charge on any atom is -0.484 e. The van der Waals surface area contributed by atoms with E-state index in [9.17, 15) is 4.79 Å². The summed E-state index contributed by atoms with van der Waals surface area (Å²) in [4.78, 5) is 17.5. The van der Waals surface area contributed by atoms with Crippen LogP contribution in [0, 0.1) is 0 Å². The van der Waals surface area contributed by atoms with Gasteiger partial charge < -0.3 is 14.6 Å². The molecule has 0 fully saturated rings. The first-order valence-electron chi connectivity index (χ1n) is 15.2. The molecule has 6 heteroatoms. The maximum Gasteiger partial charge on any atom is 0.258 e. The Morgan fingerprint density at radius 1 is 0.846 bits per heavy atom. The third kappa shape index (κ3) is 11.2. The molecular weight excluding hydrogens is 506 g/mol. The van der Waals surface area contributed by atoms with Gasteiger partial charge in [0.2, 0.25) is 0 Å². The normalized spacial score (nSPS) is 12.1. The molecule has 3 aromatic rings. The molecule has 1 unspecified atom stereocenters. The van der Waals surface area contributed by atoms with E-state index in [4.69, 9.17) is 21.3 Å². The van der Waals surface area contributed by atoms with Crippen molar-refractivity contribution in [3.8, 4) is 5.75 Å². The number of carbonyl (C=O) groups is 1. The van der Waals surface area contributed by atoms with Gasteiger partial charge in [0.05, 0.1) is 17.1 Å². The van der Waals surface area contributed by atoms with Crippen LogP contribution in [0.15, 0.2) is 48.5 Å². The molecule has 0 radical (unpaired) electrons. The first-order chi connectivity index (χ1) is 19.1. The summed E-state index contributed by atoms with van der Waals surface area (Å²) in [6, 6.07) is 15.0. The Kier molecular flexibility index (Phi) is 14.3. The molecule has 0 saturated heterocycles. The Balaban J connectivity index is 1.37. The van der Waals surface area contributed by atoms with Crippen molar-refractivity contribution in [3.63, 3.8) is 0 Å². The van der Waals surface area contributed by atoms with Crippen molar-refractivity contribution in [2.45, 2.75) is 116 Å². The van der Waals surface area contributed by atoms with Crippen LogP contribution in [-0.2, 0) is 11.3 Å². The van der Waals surface area contributed by atoms with Crippen molar-refractivity contribution in [1.29, 1.82) is 0 Å². The Morgan fingerprint density at radius 3 is 2.03 bits per heavy atom. The second-order valence-corrected chi connectivity index (χ2v) is 11.2. The number of rotatable bonds is 20. The van der Waals surface area contributed by atoms with Crippen molar-refractivity contribution in [2.24, 2.45) is 0 Å². The number of para-hydroxylation sites is 2. The Morgan fingerprint density at radius 2 is 1.41 bits per heavy atom. The fourth-order valence-corrected chi connectivity index (χ4v) is 5.28. The number of aromatic nitrogens is 2. The molecule has 2 aromatic carbocycles. The second-order valence-electron chi connectivity index (χ2n) is 10.7. The lowest BCUT2D eigenvalue weighted by atomic mass is 10.0. The van der Waals surface area contributed by atoms with Gasteiger partial charge in [-0.15, -0.1) is 0 Å². The lowest BCUT2D eigenvalue weighted by molar-refractivity contribution is -0.123.